The zero-order chi connectivity index (χ0) is 19.0. The average molecular weight is 380 g/mol. The molecule has 0 fully saturated rings. The Labute approximate surface area is 156 Å². The van der Waals surface area contributed by atoms with Crippen LogP contribution in [0.3, 0.4) is 0 Å². The van der Waals surface area contributed by atoms with Crippen molar-refractivity contribution in [1.82, 2.24) is 10.4 Å². The molecule has 2 heterocycles. The van der Waals surface area contributed by atoms with Crippen LogP contribution >= 0.6 is 0 Å². The van der Waals surface area contributed by atoms with Crippen LogP contribution in [0.5, 0.6) is 0 Å². The molecular weight excluding hydrogens is 364 g/mol. The molecule has 0 unspecified atom stereocenters. The van der Waals surface area contributed by atoms with Crippen molar-refractivity contribution in [3.05, 3.63) is 66.5 Å². The maximum atomic E-state index is 12.9. The van der Waals surface area contributed by atoms with Gasteiger partial charge in [-0.25, -0.2) is 13.8 Å². The summed E-state index contributed by atoms with van der Waals surface area (Å²) in [5.74, 6) is -0.529. The molecule has 1 aromatic heterocycles. The predicted molar refractivity (Wildman–Crippen MR) is 103 cm³/mol. The molecule has 0 spiro atoms. The number of hydrogen-bond donors (Lipinski definition) is 1. The second-order valence-corrected chi connectivity index (χ2v) is 7.92. The third-order valence-corrected chi connectivity index (χ3v) is 6.15. The van der Waals surface area contributed by atoms with E-state index in [4.69, 9.17) is 0 Å². The molecule has 1 amide bonds. The molecule has 1 aliphatic heterocycles. The molecule has 1 N–H and O–H groups in total. The smallest absolute Gasteiger partial charge is 0.265 e. The molecule has 0 radical (unpaired) electrons. The minimum absolute atomic E-state index is 0.219. The van der Waals surface area contributed by atoms with E-state index in [-0.39, 0.29) is 11.4 Å². The van der Waals surface area contributed by atoms with Gasteiger partial charge in [-0.3, -0.25) is 14.1 Å². The van der Waals surface area contributed by atoms with Gasteiger partial charge in [0.25, 0.3) is 15.9 Å². The van der Waals surface area contributed by atoms with E-state index in [2.05, 4.69) is 15.5 Å². The number of carbonyl (C=O) groups excluding carboxylic acids is 1. The molecule has 27 heavy (non-hydrogen) atoms. The number of hydrazone groups is 1. The normalized spacial score (nSPS) is 15.1. The Hall–Kier alpha value is -3.26. The molecule has 0 bridgehead atoms. The van der Waals surface area contributed by atoms with Gasteiger partial charge in [-0.1, -0.05) is 30.3 Å². The van der Waals surface area contributed by atoms with Gasteiger partial charge in [0.2, 0.25) is 0 Å². The highest BCUT2D eigenvalue weighted by Crippen LogP contribution is 2.41. The van der Waals surface area contributed by atoms with Gasteiger partial charge in [0.15, 0.2) is 0 Å². The number of carbonyl (C=O) groups is 1. The van der Waals surface area contributed by atoms with Crippen LogP contribution < -0.4 is 9.73 Å². The van der Waals surface area contributed by atoms with E-state index in [9.17, 15) is 13.2 Å². The Morgan fingerprint density at radius 3 is 2.63 bits per heavy atom. The van der Waals surface area contributed by atoms with Crippen molar-refractivity contribution in [3.63, 3.8) is 0 Å². The minimum atomic E-state index is -3.77. The fraction of sp³-hybridized carbons (Fsp3) is 0.105. The summed E-state index contributed by atoms with van der Waals surface area (Å²) in [6.07, 6.45) is 1.63. The standard InChI is InChI=1S/C19H16N4O3S/c1-13(15-8-2-3-11-20-15)21-22-18(24)12-23-16-9-4-6-14-7-5-10-17(19(14)16)27(23,25)26/h2-11H,12H2,1H3,(H,22,24)/b21-13-. The first-order valence-corrected chi connectivity index (χ1v) is 9.71. The fourth-order valence-corrected chi connectivity index (χ4v) is 4.74. The summed E-state index contributed by atoms with van der Waals surface area (Å²) in [5.41, 5.74) is 4.07. The number of pyridine rings is 1. The number of sulfonamides is 1. The second-order valence-electron chi connectivity index (χ2n) is 6.09. The van der Waals surface area contributed by atoms with Crippen molar-refractivity contribution in [3.8, 4) is 0 Å². The third-order valence-electron chi connectivity index (χ3n) is 4.35. The Morgan fingerprint density at radius 2 is 1.89 bits per heavy atom. The maximum absolute atomic E-state index is 12.9. The molecule has 1 aliphatic rings. The van der Waals surface area contributed by atoms with Crippen molar-refractivity contribution in [1.29, 1.82) is 0 Å². The van der Waals surface area contributed by atoms with Crippen molar-refractivity contribution in [2.24, 2.45) is 5.10 Å². The molecular formula is C19H16N4O3S. The van der Waals surface area contributed by atoms with Crippen LogP contribution in [-0.4, -0.2) is 31.6 Å². The number of benzene rings is 2. The highest BCUT2D eigenvalue weighted by molar-refractivity contribution is 7.93. The first kappa shape index (κ1) is 17.2. The van der Waals surface area contributed by atoms with Crippen LogP contribution in [0.25, 0.3) is 10.8 Å². The molecule has 4 rings (SSSR count). The fourth-order valence-electron chi connectivity index (χ4n) is 3.07. The molecule has 8 heteroatoms. The van der Waals surface area contributed by atoms with Crippen LogP contribution in [-0.2, 0) is 14.8 Å². The summed E-state index contributed by atoms with van der Waals surface area (Å²) < 4.78 is 26.8. The minimum Gasteiger partial charge on any atom is -0.271 e. The first-order chi connectivity index (χ1) is 13.0. The Bertz CT molecular complexity index is 1170. The average Bonchev–Trinajstić information content (AvgIpc) is 2.90. The number of amides is 1. The van der Waals surface area contributed by atoms with Gasteiger partial charge in [0, 0.05) is 11.6 Å². The Balaban J connectivity index is 1.58. The van der Waals surface area contributed by atoms with Gasteiger partial charge in [0.05, 0.1) is 22.0 Å². The lowest BCUT2D eigenvalue weighted by Crippen LogP contribution is -2.37. The summed E-state index contributed by atoms with van der Waals surface area (Å²) in [6, 6.07) is 15.8. The summed E-state index contributed by atoms with van der Waals surface area (Å²) in [6.45, 7) is 1.36. The zero-order valence-corrected chi connectivity index (χ0v) is 15.3. The Morgan fingerprint density at radius 1 is 1.11 bits per heavy atom. The third kappa shape index (κ3) is 2.93. The topological polar surface area (TPSA) is 91.7 Å². The van der Waals surface area contributed by atoms with Crippen LogP contribution in [0.2, 0.25) is 0 Å². The number of nitrogens with zero attached hydrogens (tertiary/aromatic N) is 3. The Kier molecular flexibility index (Phi) is 4.12. The van der Waals surface area contributed by atoms with Crippen LogP contribution in [0.1, 0.15) is 12.6 Å². The molecule has 0 atom stereocenters. The van der Waals surface area contributed by atoms with Gasteiger partial charge in [-0.05, 0) is 36.6 Å². The van der Waals surface area contributed by atoms with Gasteiger partial charge >= 0.3 is 0 Å². The van der Waals surface area contributed by atoms with Gasteiger partial charge < -0.3 is 0 Å². The summed E-state index contributed by atoms with van der Waals surface area (Å²) in [5, 5.41) is 5.48. The van der Waals surface area contributed by atoms with Gasteiger partial charge in [-0.15, -0.1) is 0 Å². The molecule has 136 valence electrons. The summed E-state index contributed by atoms with van der Waals surface area (Å²) in [4.78, 5) is 16.7. The molecule has 2 aromatic carbocycles. The monoisotopic (exact) mass is 380 g/mol. The van der Waals surface area contributed by atoms with Crippen molar-refractivity contribution in [2.45, 2.75) is 11.8 Å². The van der Waals surface area contributed by atoms with Crippen molar-refractivity contribution >= 4 is 38.1 Å². The van der Waals surface area contributed by atoms with Crippen LogP contribution in [0.15, 0.2) is 70.8 Å². The van der Waals surface area contributed by atoms with E-state index in [0.717, 1.165) is 9.69 Å². The molecule has 3 aromatic rings. The van der Waals surface area contributed by atoms with E-state index in [1.807, 2.05) is 18.2 Å². The van der Waals surface area contributed by atoms with E-state index in [0.29, 0.717) is 22.5 Å². The highest BCUT2D eigenvalue weighted by atomic mass is 32.2. The largest absolute Gasteiger partial charge is 0.271 e. The van der Waals surface area contributed by atoms with E-state index < -0.39 is 15.9 Å². The van der Waals surface area contributed by atoms with Gasteiger partial charge in [0.1, 0.15) is 6.54 Å². The highest BCUT2D eigenvalue weighted by Gasteiger charge is 2.36. The number of rotatable bonds is 4. The van der Waals surface area contributed by atoms with E-state index in [1.54, 1.807) is 49.5 Å². The lowest BCUT2D eigenvalue weighted by Gasteiger charge is -2.17. The number of hydrogen-bond acceptors (Lipinski definition) is 5. The number of nitrogens with one attached hydrogen (secondary N) is 1. The molecule has 7 nitrogen and oxygen atoms in total. The van der Waals surface area contributed by atoms with E-state index in [1.165, 1.54) is 0 Å². The van der Waals surface area contributed by atoms with Crippen LogP contribution in [0.4, 0.5) is 5.69 Å². The second kappa shape index (κ2) is 6.48. The van der Waals surface area contributed by atoms with E-state index >= 15 is 0 Å². The quantitative estimate of drug-likeness (QED) is 0.555. The SMILES string of the molecule is C/C(=N/NC(=O)CN1c2cccc3cccc(c23)S1(=O)=O)c1ccccn1. The summed E-state index contributed by atoms with van der Waals surface area (Å²) in [7, 11) is -3.77. The van der Waals surface area contributed by atoms with Crippen molar-refractivity contribution in [2.75, 3.05) is 10.8 Å². The molecule has 0 aliphatic carbocycles. The van der Waals surface area contributed by atoms with Crippen molar-refractivity contribution < 1.29 is 13.2 Å². The maximum Gasteiger partial charge on any atom is 0.265 e. The van der Waals surface area contributed by atoms with Crippen LogP contribution in [0, 0.1) is 0 Å². The predicted octanol–water partition coefficient (Wildman–Crippen LogP) is 2.28. The number of anilines is 1. The first-order valence-electron chi connectivity index (χ1n) is 8.27. The lowest BCUT2D eigenvalue weighted by molar-refractivity contribution is -0.119. The summed E-state index contributed by atoms with van der Waals surface area (Å²) >= 11 is 0. The number of aromatic nitrogens is 1. The lowest BCUT2D eigenvalue weighted by atomic mass is 10.1. The molecule has 0 saturated carbocycles. The van der Waals surface area contributed by atoms with Gasteiger partial charge in [-0.2, -0.15) is 5.10 Å². The molecule has 0 saturated heterocycles. The zero-order valence-electron chi connectivity index (χ0n) is 14.5.